The molecule has 66 valence electrons. The molecule has 0 unspecified atom stereocenters. The highest BCUT2D eigenvalue weighted by molar-refractivity contribution is 4.74. The molecule has 11 heavy (non-hydrogen) atoms. The van der Waals surface area contributed by atoms with Gasteiger partial charge in [0.1, 0.15) is 6.17 Å². The molecule has 1 fully saturated rings. The molecule has 0 heterocycles. The molecule has 1 nitrogen and oxygen atoms in total. The zero-order chi connectivity index (χ0) is 8.10. The molecule has 1 aliphatic carbocycles. The minimum absolute atomic E-state index is 0.344. The standard InChI is InChI=1S/C9H18FN/c1-11-7-9(10)8-5-3-2-4-6-8/h8-9,11H,2-7H2,1H3/t9-/m0/s1. The molecule has 0 radical (unpaired) electrons. The van der Waals surface area contributed by atoms with E-state index in [4.69, 9.17) is 0 Å². The second kappa shape index (κ2) is 4.70. The van der Waals surface area contributed by atoms with Crippen molar-refractivity contribution in [2.75, 3.05) is 13.6 Å². The molecule has 1 atom stereocenters. The summed E-state index contributed by atoms with van der Waals surface area (Å²) in [6.45, 7) is 0.532. The average Bonchev–Trinajstić information content (AvgIpc) is 2.07. The Morgan fingerprint density at radius 2 is 2.00 bits per heavy atom. The van der Waals surface area contributed by atoms with Gasteiger partial charge in [-0.05, 0) is 25.8 Å². The van der Waals surface area contributed by atoms with Crippen LogP contribution >= 0.6 is 0 Å². The SMILES string of the molecule is CNC[C@H](F)C1CCCCC1. The minimum atomic E-state index is -0.611. The van der Waals surface area contributed by atoms with Crippen molar-refractivity contribution in [2.24, 2.45) is 5.92 Å². The first-order valence-corrected chi connectivity index (χ1v) is 4.63. The van der Waals surface area contributed by atoms with E-state index in [0.717, 1.165) is 12.8 Å². The highest BCUT2D eigenvalue weighted by Gasteiger charge is 2.21. The monoisotopic (exact) mass is 159 g/mol. The summed E-state index contributed by atoms with van der Waals surface area (Å²) >= 11 is 0. The van der Waals surface area contributed by atoms with E-state index < -0.39 is 6.17 Å². The lowest BCUT2D eigenvalue weighted by molar-refractivity contribution is 0.179. The second-order valence-electron chi connectivity index (χ2n) is 3.47. The summed E-state index contributed by atoms with van der Waals surface area (Å²) in [6, 6.07) is 0. The quantitative estimate of drug-likeness (QED) is 0.665. The lowest BCUT2D eigenvalue weighted by Crippen LogP contribution is -2.28. The van der Waals surface area contributed by atoms with Gasteiger partial charge in [-0.2, -0.15) is 0 Å². The number of halogens is 1. The van der Waals surface area contributed by atoms with Gasteiger partial charge in [-0.15, -0.1) is 0 Å². The number of alkyl halides is 1. The summed E-state index contributed by atoms with van der Waals surface area (Å²) in [5.74, 6) is 0.344. The number of nitrogens with one attached hydrogen (secondary N) is 1. The molecule has 1 saturated carbocycles. The molecule has 0 amide bonds. The van der Waals surface area contributed by atoms with Gasteiger partial charge in [-0.25, -0.2) is 4.39 Å². The summed E-state index contributed by atoms with van der Waals surface area (Å²) in [6.07, 6.45) is 5.36. The molecule has 0 aromatic rings. The van der Waals surface area contributed by atoms with E-state index in [1.54, 1.807) is 0 Å². The van der Waals surface area contributed by atoms with Crippen molar-refractivity contribution in [1.82, 2.24) is 5.32 Å². The summed E-state index contributed by atoms with van der Waals surface area (Å²) in [7, 11) is 1.81. The van der Waals surface area contributed by atoms with Gasteiger partial charge in [0, 0.05) is 6.54 Å². The molecule has 2 heteroatoms. The molecule has 1 aliphatic rings. The first kappa shape index (κ1) is 8.98. The van der Waals surface area contributed by atoms with Crippen LogP contribution in [0, 0.1) is 5.92 Å². The van der Waals surface area contributed by atoms with Crippen molar-refractivity contribution < 1.29 is 4.39 Å². The molecule has 0 bridgehead atoms. The van der Waals surface area contributed by atoms with E-state index in [1.807, 2.05) is 7.05 Å². The third kappa shape index (κ3) is 2.78. The van der Waals surface area contributed by atoms with Crippen LogP contribution in [0.4, 0.5) is 4.39 Å². The minimum Gasteiger partial charge on any atom is -0.317 e. The van der Waals surface area contributed by atoms with E-state index in [-0.39, 0.29) is 0 Å². The molecule has 0 aromatic carbocycles. The van der Waals surface area contributed by atoms with Gasteiger partial charge in [0.2, 0.25) is 0 Å². The normalized spacial score (nSPS) is 23.5. The smallest absolute Gasteiger partial charge is 0.115 e. The molecule has 1 rings (SSSR count). The molecule has 0 spiro atoms. The zero-order valence-corrected chi connectivity index (χ0v) is 7.28. The highest BCUT2D eigenvalue weighted by Crippen LogP contribution is 2.27. The summed E-state index contributed by atoms with van der Waals surface area (Å²) in [5, 5.41) is 2.89. The Balaban J connectivity index is 2.21. The fourth-order valence-corrected chi connectivity index (χ4v) is 1.86. The molecule has 0 aliphatic heterocycles. The van der Waals surface area contributed by atoms with Gasteiger partial charge < -0.3 is 5.32 Å². The first-order chi connectivity index (χ1) is 5.34. The van der Waals surface area contributed by atoms with Crippen LogP contribution in [0.2, 0.25) is 0 Å². The predicted octanol–water partition coefficient (Wildman–Crippen LogP) is 2.12. The summed E-state index contributed by atoms with van der Waals surface area (Å²) in [4.78, 5) is 0. The maximum Gasteiger partial charge on any atom is 0.115 e. The van der Waals surface area contributed by atoms with E-state index in [0.29, 0.717) is 12.5 Å². The van der Waals surface area contributed by atoms with Gasteiger partial charge in [-0.3, -0.25) is 0 Å². The zero-order valence-electron chi connectivity index (χ0n) is 7.28. The lowest BCUT2D eigenvalue weighted by Gasteiger charge is -2.24. The predicted molar refractivity (Wildman–Crippen MR) is 45.4 cm³/mol. The van der Waals surface area contributed by atoms with Crippen molar-refractivity contribution in [3.05, 3.63) is 0 Å². The maximum atomic E-state index is 13.2. The fraction of sp³-hybridized carbons (Fsp3) is 1.00. The molecule has 1 N–H and O–H groups in total. The Bertz CT molecular complexity index is 99.7. The molecular weight excluding hydrogens is 141 g/mol. The molecule has 0 saturated heterocycles. The fourth-order valence-electron chi connectivity index (χ4n) is 1.86. The van der Waals surface area contributed by atoms with E-state index in [1.165, 1.54) is 19.3 Å². The Labute approximate surface area is 68.4 Å². The van der Waals surface area contributed by atoms with Crippen molar-refractivity contribution in [3.63, 3.8) is 0 Å². The van der Waals surface area contributed by atoms with Crippen LogP contribution in [0.25, 0.3) is 0 Å². The van der Waals surface area contributed by atoms with Crippen molar-refractivity contribution in [3.8, 4) is 0 Å². The van der Waals surface area contributed by atoms with Crippen LogP contribution in [0.15, 0.2) is 0 Å². The average molecular weight is 159 g/mol. The Morgan fingerprint density at radius 3 is 2.55 bits per heavy atom. The Morgan fingerprint density at radius 1 is 1.36 bits per heavy atom. The van der Waals surface area contributed by atoms with Crippen LogP contribution in [0.1, 0.15) is 32.1 Å². The third-order valence-corrected chi connectivity index (χ3v) is 2.56. The number of hydrogen-bond acceptors (Lipinski definition) is 1. The van der Waals surface area contributed by atoms with Crippen LogP contribution in [0.5, 0.6) is 0 Å². The summed E-state index contributed by atoms with van der Waals surface area (Å²) < 4.78 is 13.2. The van der Waals surface area contributed by atoms with Crippen molar-refractivity contribution >= 4 is 0 Å². The van der Waals surface area contributed by atoms with Crippen LogP contribution in [-0.2, 0) is 0 Å². The molecular formula is C9H18FN. The van der Waals surface area contributed by atoms with Crippen molar-refractivity contribution in [2.45, 2.75) is 38.3 Å². The van der Waals surface area contributed by atoms with Gasteiger partial charge in [-0.1, -0.05) is 19.3 Å². The number of hydrogen-bond donors (Lipinski definition) is 1. The molecule has 0 aromatic heterocycles. The first-order valence-electron chi connectivity index (χ1n) is 4.63. The Kier molecular flexibility index (Phi) is 3.84. The van der Waals surface area contributed by atoms with Crippen LogP contribution in [-0.4, -0.2) is 19.8 Å². The van der Waals surface area contributed by atoms with E-state index in [9.17, 15) is 4.39 Å². The largest absolute Gasteiger partial charge is 0.317 e. The highest BCUT2D eigenvalue weighted by atomic mass is 19.1. The maximum absolute atomic E-state index is 13.2. The number of rotatable bonds is 3. The van der Waals surface area contributed by atoms with E-state index >= 15 is 0 Å². The van der Waals surface area contributed by atoms with Crippen LogP contribution < -0.4 is 5.32 Å². The Hall–Kier alpha value is -0.110. The van der Waals surface area contributed by atoms with Gasteiger partial charge in [0.15, 0.2) is 0 Å². The summed E-state index contributed by atoms with van der Waals surface area (Å²) in [5.41, 5.74) is 0. The topological polar surface area (TPSA) is 12.0 Å². The third-order valence-electron chi connectivity index (χ3n) is 2.56. The van der Waals surface area contributed by atoms with Crippen molar-refractivity contribution in [1.29, 1.82) is 0 Å². The van der Waals surface area contributed by atoms with Gasteiger partial charge in [0.25, 0.3) is 0 Å². The lowest BCUT2D eigenvalue weighted by atomic mass is 9.86. The van der Waals surface area contributed by atoms with Crippen LogP contribution in [0.3, 0.4) is 0 Å². The second-order valence-corrected chi connectivity index (χ2v) is 3.47. The van der Waals surface area contributed by atoms with Gasteiger partial charge in [0.05, 0.1) is 0 Å². The van der Waals surface area contributed by atoms with E-state index in [2.05, 4.69) is 5.32 Å². The van der Waals surface area contributed by atoms with Gasteiger partial charge >= 0.3 is 0 Å².